The van der Waals surface area contributed by atoms with E-state index in [0.717, 1.165) is 18.5 Å². The molecule has 0 aromatic heterocycles. The molecule has 1 aromatic rings. The first-order valence-electron chi connectivity index (χ1n) is 7.91. The Morgan fingerprint density at radius 3 is 2.75 bits per heavy atom. The van der Waals surface area contributed by atoms with Crippen molar-refractivity contribution in [2.45, 2.75) is 30.8 Å². The summed E-state index contributed by atoms with van der Waals surface area (Å²) in [6.07, 6.45) is 2.63. The normalized spacial score (nSPS) is 30.1. The van der Waals surface area contributed by atoms with E-state index >= 15 is 0 Å². The Kier molecular flexibility index (Phi) is 4.39. The van der Waals surface area contributed by atoms with Crippen molar-refractivity contribution in [3.05, 3.63) is 35.9 Å². The first-order valence-corrected chi connectivity index (χ1v) is 7.91. The molecule has 1 aliphatic heterocycles. The Bertz CT molecular complexity index is 418. The molecule has 20 heavy (non-hydrogen) atoms. The lowest BCUT2D eigenvalue weighted by atomic mass is 10.1. The Labute approximate surface area is 123 Å². The number of likely N-dealkylation sites (tertiary alicyclic amines) is 1. The summed E-state index contributed by atoms with van der Waals surface area (Å²) in [5, 5.41) is 3.72. The second-order valence-electron chi connectivity index (χ2n) is 6.52. The smallest absolute Gasteiger partial charge is 0.0229 e. The van der Waals surface area contributed by atoms with Crippen LogP contribution in [0.5, 0.6) is 0 Å². The highest BCUT2D eigenvalue weighted by Crippen LogP contribution is 2.40. The molecule has 1 saturated heterocycles. The topological polar surface area (TPSA) is 18.5 Å². The average Bonchev–Trinajstić information content (AvgIpc) is 3.07. The molecule has 0 radical (unpaired) electrons. The van der Waals surface area contributed by atoms with Gasteiger partial charge in [-0.1, -0.05) is 30.3 Å². The van der Waals surface area contributed by atoms with E-state index in [4.69, 9.17) is 0 Å². The maximum Gasteiger partial charge on any atom is 0.0229 e. The van der Waals surface area contributed by atoms with Crippen molar-refractivity contribution in [1.82, 2.24) is 15.1 Å². The van der Waals surface area contributed by atoms with Crippen LogP contribution in [0.2, 0.25) is 0 Å². The molecule has 2 aliphatic rings. The summed E-state index contributed by atoms with van der Waals surface area (Å²) < 4.78 is 0. The fraction of sp³-hybridized carbons (Fsp3) is 0.647. The molecule has 2 unspecified atom stereocenters. The molecule has 3 atom stereocenters. The molecule has 0 spiro atoms. The van der Waals surface area contributed by atoms with Gasteiger partial charge in [-0.3, -0.25) is 0 Å². The van der Waals surface area contributed by atoms with Gasteiger partial charge in [0.1, 0.15) is 0 Å². The fourth-order valence-electron chi connectivity index (χ4n) is 3.33. The van der Waals surface area contributed by atoms with E-state index < -0.39 is 0 Å². The number of likely N-dealkylation sites (N-methyl/N-ethyl adjacent to an activating group) is 1. The maximum absolute atomic E-state index is 3.72. The largest absolute Gasteiger partial charge is 0.312 e. The van der Waals surface area contributed by atoms with E-state index in [0.29, 0.717) is 6.04 Å². The summed E-state index contributed by atoms with van der Waals surface area (Å²) in [5.41, 5.74) is 1.50. The van der Waals surface area contributed by atoms with Crippen LogP contribution < -0.4 is 5.32 Å². The lowest BCUT2D eigenvalue weighted by Gasteiger charge is -2.20. The van der Waals surface area contributed by atoms with Gasteiger partial charge in [0.25, 0.3) is 0 Å². The van der Waals surface area contributed by atoms with Crippen LogP contribution >= 0.6 is 0 Å². The molecule has 3 heteroatoms. The van der Waals surface area contributed by atoms with Gasteiger partial charge in [-0.25, -0.2) is 0 Å². The van der Waals surface area contributed by atoms with Crippen molar-refractivity contribution in [1.29, 1.82) is 0 Å². The zero-order valence-electron chi connectivity index (χ0n) is 12.8. The van der Waals surface area contributed by atoms with E-state index in [1.54, 1.807) is 0 Å². The zero-order chi connectivity index (χ0) is 13.9. The molecule has 0 bridgehead atoms. The second kappa shape index (κ2) is 6.25. The molecule has 3 nitrogen and oxygen atoms in total. The van der Waals surface area contributed by atoms with Gasteiger partial charge in [0, 0.05) is 37.6 Å². The molecule has 1 N–H and O–H groups in total. The second-order valence-corrected chi connectivity index (χ2v) is 6.52. The maximum atomic E-state index is 3.72. The summed E-state index contributed by atoms with van der Waals surface area (Å²) in [6, 6.07) is 12.4. The van der Waals surface area contributed by atoms with E-state index in [1.165, 1.54) is 38.0 Å². The van der Waals surface area contributed by atoms with Crippen LogP contribution in [0.15, 0.2) is 30.3 Å². The number of rotatable bonds is 6. The molecular weight excluding hydrogens is 246 g/mol. The fourth-order valence-corrected chi connectivity index (χ4v) is 3.33. The summed E-state index contributed by atoms with van der Waals surface area (Å²) >= 11 is 0. The Balaban J connectivity index is 1.34. The van der Waals surface area contributed by atoms with Crippen molar-refractivity contribution < 1.29 is 0 Å². The van der Waals surface area contributed by atoms with Crippen molar-refractivity contribution >= 4 is 0 Å². The highest BCUT2D eigenvalue weighted by atomic mass is 15.2. The highest BCUT2D eigenvalue weighted by Gasteiger charge is 2.37. The van der Waals surface area contributed by atoms with Gasteiger partial charge in [-0.15, -0.1) is 0 Å². The van der Waals surface area contributed by atoms with Gasteiger partial charge in [-0.2, -0.15) is 0 Å². The lowest BCUT2D eigenvalue weighted by molar-refractivity contribution is 0.268. The van der Waals surface area contributed by atoms with Crippen LogP contribution in [-0.4, -0.2) is 62.2 Å². The minimum absolute atomic E-state index is 0.713. The molecular formula is C17H27N3. The predicted octanol–water partition coefficient (Wildman–Crippen LogP) is 1.77. The number of hydrogen-bond donors (Lipinski definition) is 1. The van der Waals surface area contributed by atoms with Gasteiger partial charge in [-0.05, 0) is 39.0 Å². The first kappa shape index (κ1) is 14.1. The summed E-state index contributed by atoms with van der Waals surface area (Å²) in [4.78, 5) is 4.96. The number of benzene rings is 1. The molecule has 1 saturated carbocycles. The minimum Gasteiger partial charge on any atom is -0.312 e. The minimum atomic E-state index is 0.713. The molecule has 110 valence electrons. The Morgan fingerprint density at radius 2 is 2.05 bits per heavy atom. The summed E-state index contributed by atoms with van der Waals surface area (Å²) in [5.74, 6) is 0.754. The van der Waals surface area contributed by atoms with Crippen molar-refractivity contribution in [3.63, 3.8) is 0 Å². The Hall–Kier alpha value is -0.900. The van der Waals surface area contributed by atoms with E-state index in [1.807, 2.05) is 0 Å². The SMILES string of the molecule is CN(C)[C@H]1CCN(CCNC2CC2c2ccccc2)C1. The van der Waals surface area contributed by atoms with Crippen LogP contribution in [0, 0.1) is 0 Å². The van der Waals surface area contributed by atoms with Crippen LogP contribution in [-0.2, 0) is 0 Å². The van der Waals surface area contributed by atoms with E-state index in [9.17, 15) is 0 Å². The standard InChI is InChI=1S/C17H27N3/c1-19(2)15-8-10-20(13-15)11-9-18-17-12-16(17)14-6-4-3-5-7-14/h3-7,15-18H,8-13H2,1-2H3/t15-,16?,17?/m0/s1. The quantitative estimate of drug-likeness (QED) is 0.852. The van der Waals surface area contributed by atoms with E-state index in [-0.39, 0.29) is 0 Å². The molecule has 1 heterocycles. The van der Waals surface area contributed by atoms with Crippen molar-refractivity contribution in [2.75, 3.05) is 40.3 Å². The first-order chi connectivity index (χ1) is 9.74. The number of hydrogen-bond acceptors (Lipinski definition) is 3. The molecule has 0 amide bonds. The van der Waals surface area contributed by atoms with Crippen LogP contribution in [0.25, 0.3) is 0 Å². The van der Waals surface area contributed by atoms with Gasteiger partial charge in [0.2, 0.25) is 0 Å². The molecule has 3 rings (SSSR count). The molecule has 2 fully saturated rings. The number of nitrogens with zero attached hydrogens (tertiary/aromatic N) is 2. The van der Waals surface area contributed by atoms with E-state index in [2.05, 4.69) is 59.5 Å². The molecule has 1 aromatic carbocycles. The van der Waals surface area contributed by atoms with Crippen molar-refractivity contribution in [2.24, 2.45) is 0 Å². The number of nitrogens with one attached hydrogen (secondary N) is 1. The van der Waals surface area contributed by atoms with Crippen LogP contribution in [0.1, 0.15) is 24.3 Å². The predicted molar refractivity (Wildman–Crippen MR) is 84.1 cm³/mol. The third-order valence-corrected chi connectivity index (χ3v) is 4.83. The zero-order valence-corrected chi connectivity index (χ0v) is 12.8. The van der Waals surface area contributed by atoms with Crippen LogP contribution in [0.4, 0.5) is 0 Å². The van der Waals surface area contributed by atoms with Crippen molar-refractivity contribution in [3.8, 4) is 0 Å². The summed E-state index contributed by atoms with van der Waals surface area (Å²) in [7, 11) is 4.39. The third kappa shape index (κ3) is 3.40. The Morgan fingerprint density at radius 1 is 1.25 bits per heavy atom. The van der Waals surface area contributed by atoms with Gasteiger partial charge >= 0.3 is 0 Å². The molecule has 1 aliphatic carbocycles. The highest BCUT2D eigenvalue weighted by molar-refractivity contribution is 5.27. The third-order valence-electron chi connectivity index (χ3n) is 4.83. The van der Waals surface area contributed by atoms with Crippen LogP contribution in [0.3, 0.4) is 0 Å². The monoisotopic (exact) mass is 273 g/mol. The lowest BCUT2D eigenvalue weighted by Crippen LogP contribution is -2.35. The van der Waals surface area contributed by atoms with Gasteiger partial charge < -0.3 is 15.1 Å². The average molecular weight is 273 g/mol. The summed E-state index contributed by atoms with van der Waals surface area (Å²) in [6.45, 7) is 4.83. The van der Waals surface area contributed by atoms with Gasteiger partial charge in [0.05, 0.1) is 0 Å². The van der Waals surface area contributed by atoms with Gasteiger partial charge in [0.15, 0.2) is 0 Å².